The maximum Gasteiger partial charge on any atom is 0.322 e. The molecule has 6 nitrogen and oxygen atoms in total. The quantitative estimate of drug-likeness (QED) is 0.599. The molecule has 2 aromatic heterocycles. The maximum absolute atomic E-state index is 14.4. The molecule has 0 bridgehead atoms. The number of alkyl halides is 2. The summed E-state index contributed by atoms with van der Waals surface area (Å²) in [5.41, 5.74) is 0.509. The van der Waals surface area contributed by atoms with Gasteiger partial charge in [0.05, 0.1) is 10.9 Å². The monoisotopic (exact) mass is 441 g/mol. The second-order valence-electron chi connectivity index (χ2n) is 6.56. The number of piperidine rings is 1. The molecule has 4 rings (SSSR count). The molecule has 0 saturated carbocycles. The lowest BCUT2D eigenvalue weighted by molar-refractivity contribution is -0.0158. The summed E-state index contributed by atoms with van der Waals surface area (Å²) in [7, 11) is 0. The lowest BCUT2D eigenvalue weighted by Gasteiger charge is -2.32. The fraction of sp³-hybridized carbons (Fsp3) is 0.412. The SMILES string of the molecule is CC(F)(F)c1nc(C2CCN(c3ncnc4c(Br)ccc(F)c34)CC2)no1. The van der Waals surface area contributed by atoms with Crippen LogP contribution in [0.3, 0.4) is 0 Å². The largest absolute Gasteiger partial charge is 0.356 e. The molecule has 3 heterocycles. The Labute approximate surface area is 160 Å². The van der Waals surface area contributed by atoms with E-state index in [0.29, 0.717) is 47.1 Å². The summed E-state index contributed by atoms with van der Waals surface area (Å²) < 4.78 is 46.3. The minimum absolute atomic E-state index is 0.0919. The highest BCUT2D eigenvalue weighted by Crippen LogP contribution is 2.35. The molecule has 1 aliphatic heterocycles. The van der Waals surface area contributed by atoms with Gasteiger partial charge in [0.25, 0.3) is 5.89 Å². The molecular weight excluding hydrogens is 427 g/mol. The first-order valence-corrected chi connectivity index (χ1v) is 9.19. The molecule has 0 unspecified atom stereocenters. The predicted octanol–water partition coefficient (Wildman–Crippen LogP) is 4.41. The van der Waals surface area contributed by atoms with E-state index in [4.69, 9.17) is 0 Å². The van der Waals surface area contributed by atoms with Gasteiger partial charge in [-0.05, 0) is 40.9 Å². The van der Waals surface area contributed by atoms with Gasteiger partial charge in [0, 0.05) is 30.4 Å². The van der Waals surface area contributed by atoms with Crippen LogP contribution in [-0.4, -0.2) is 33.2 Å². The summed E-state index contributed by atoms with van der Waals surface area (Å²) in [4.78, 5) is 14.2. The third-order valence-electron chi connectivity index (χ3n) is 4.65. The zero-order valence-electron chi connectivity index (χ0n) is 14.3. The summed E-state index contributed by atoms with van der Waals surface area (Å²) >= 11 is 3.38. The lowest BCUT2D eigenvalue weighted by atomic mass is 9.96. The number of hydrogen-bond donors (Lipinski definition) is 0. The van der Waals surface area contributed by atoms with Crippen LogP contribution >= 0.6 is 15.9 Å². The molecule has 142 valence electrons. The van der Waals surface area contributed by atoms with Crippen LogP contribution in [0.4, 0.5) is 19.0 Å². The van der Waals surface area contributed by atoms with Crippen molar-refractivity contribution in [2.75, 3.05) is 18.0 Å². The van der Waals surface area contributed by atoms with E-state index >= 15 is 0 Å². The molecule has 1 aromatic carbocycles. The summed E-state index contributed by atoms with van der Waals surface area (Å²) in [6.07, 6.45) is 2.65. The highest BCUT2D eigenvalue weighted by molar-refractivity contribution is 9.10. The number of aromatic nitrogens is 4. The van der Waals surface area contributed by atoms with Crippen molar-refractivity contribution >= 4 is 32.7 Å². The summed E-state index contributed by atoms with van der Waals surface area (Å²) in [6, 6.07) is 2.98. The molecule has 0 N–H and O–H groups in total. The van der Waals surface area contributed by atoms with Crippen molar-refractivity contribution < 1.29 is 17.7 Å². The summed E-state index contributed by atoms with van der Waals surface area (Å²) in [6.45, 7) is 1.85. The number of hydrogen-bond acceptors (Lipinski definition) is 6. The third-order valence-corrected chi connectivity index (χ3v) is 5.29. The van der Waals surface area contributed by atoms with E-state index in [9.17, 15) is 13.2 Å². The van der Waals surface area contributed by atoms with Crippen LogP contribution in [-0.2, 0) is 5.92 Å². The Kier molecular flexibility index (Phi) is 4.53. The topological polar surface area (TPSA) is 67.9 Å². The molecule has 0 amide bonds. The van der Waals surface area contributed by atoms with Gasteiger partial charge in [0.1, 0.15) is 18.0 Å². The molecule has 10 heteroatoms. The Morgan fingerprint density at radius 2 is 1.96 bits per heavy atom. The second kappa shape index (κ2) is 6.74. The van der Waals surface area contributed by atoms with Crippen molar-refractivity contribution in [1.82, 2.24) is 20.1 Å². The number of anilines is 1. The van der Waals surface area contributed by atoms with Gasteiger partial charge in [-0.3, -0.25) is 0 Å². The van der Waals surface area contributed by atoms with Gasteiger partial charge in [0.15, 0.2) is 5.82 Å². The molecule has 0 atom stereocenters. The zero-order chi connectivity index (χ0) is 19.2. The van der Waals surface area contributed by atoms with Gasteiger partial charge in [0.2, 0.25) is 0 Å². The van der Waals surface area contributed by atoms with Crippen LogP contribution in [0.1, 0.15) is 37.4 Å². The lowest BCUT2D eigenvalue weighted by Crippen LogP contribution is -2.34. The third kappa shape index (κ3) is 3.38. The van der Waals surface area contributed by atoms with Gasteiger partial charge in [-0.1, -0.05) is 5.16 Å². The highest BCUT2D eigenvalue weighted by atomic mass is 79.9. The molecule has 1 fully saturated rings. The van der Waals surface area contributed by atoms with E-state index in [1.54, 1.807) is 6.07 Å². The Bertz CT molecular complexity index is 982. The normalized spacial score (nSPS) is 16.3. The Hall–Kier alpha value is -2.23. The fourth-order valence-corrected chi connectivity index (χ4v) is 3.69. The van der Waals surface area contributed by atoms with Crippen molar-refractivity contribution in [2.24, 2.45) is 0 Å². The first-order chi connectivity index (χ1) is 12.8. The molecular formula is C17H15BrF3N5O. The van der Waals surface area contributed by atoms with Crippen molar-refractivity contribution in [3.63, 3.8) is 0 Å². The maximum atomic E-state index is 14.4. The zero-order valence-corrected chi connectivity index (χ0v) is 15.9. The minimum atomic E-state index is -3.16. The van der Waals surface area contributed by atoms with Crippen LogP contribution in [0, 0.1) is 5.82 Å². The standard InChI is InChI=1S/C17H15BrF3N5O/c1-17(20,21)16-24-14(25-27-16)9-4-6-26(7-5-9)15-12-11(19)3-2-10(18)13(12)22-8-23-15/h2-3,8-9H,4-7H2,1H3. The van der Waals surface area contributed by atoms with Gasteiger partial charge in [-0.15, -0.1) is 0 Å². The first kappa shape index (κ1) is 18.1. The number of rotatable bonds is 3. The number of fused-ring (bicyclic) bond motifs is 1. The van der Waals surface area contributed by atoms with Gasteiger partial charge >= 0.3 is 5.92 Å². The molecule has 0 spiro atoms. The van der Waals surface area contributed by atoms with Crippen LogP contribution < -0.4 is 4.90 Å². The van der Waals surface area contributed by atoms with E-state index in [0.717, 1.165) is 6.92 Å². The average Bonchev–Trinajstić information content (AvgIpc) is 3.15. The Balaban J connectivity index is 1.56. The van der Waals surface area contributed by atoms with Crippen LogP contribution in [0.15, 0.2) is 27.5 Å². The van der Waals surface area contributed by atoms with Crippen molar-refractivity contribution in [1.29, 1.82) is 0 Å². The molecule has 1 aliphatic rings. The number of benzene rings is 1. The fourth-order valence-electron chi connectivity index (χ4n) is 3.25. The van der Waals surface area contributed by atoms with Crippen molar-refractivity contribution in [2.45, 2.75) is 31.6 Å². The van der Waals surface area contributed by atoms with Gasteiger partial charge in [-0.2, -0.15) is 13.8 Å². The Morgan fingerprint density at radius 3 is 2.63 bits per heavy atom. The highest BCUT2D eigenvalue weighted by Gasteiger charge is 2.34. The van der Waals surface area contributed by atoms with Crippen molar-refractivity contribution in [3.05, 3.63) is 40.5 Å². The number of nitrogens with zero attached hydrogens (tertiary/aromatic N) is 5. The molecule has 27 heavy (non-hydrogen) atoms. The molecule has 1 saturated heterocycles. The van der Waals surface area contributed by atoms with Gasteiger partial charge in [-0.25, -0.2) is 14.4 Å². The average molecular weight is 442 g/mol. The van der Waals surface area contributed by atoms with E-state index in [1.165, 1.54) is 12.4 Å². The van der Waals surface area contributed by atoms with E-state index in [1.807, 2.05) is 4.90 Å². The first-order valence-electron chi connectivity index (χ1n) is 8.40. The van der Waals surface area contributed by atoms with E-state index in [-0.39, 0.29) is 17.6 Å². The minimum Gasteiger partial charge on any atom is -0.356 e. The summed E-state index contributed by atoms with van der Waals surface area (Å²) in [5.74, 6) is -3.51. The molecule has 3 aromatic rings. The second-order valence-corrected chi connectivity index (χ2v) is 7.41. The smallest absolute Gasteiger partial charge is 0.322 e. The predicted molar refractivity (Wildman–Crippen MR) is 95.3 cm³/mol. The molecule has 0 aliphatic carbocycles. The van der Waals surface area contributed by atoms with Gasteiger partial charge < -0.3 is 9.42 Å². The summed E-state index contributed by atoms with van der Waals surface area (Å²) in [5, 5.41) is 4.06. The van der Waals surface area contributed by atoms with E-state index in [2.05, 4.69) is 40.6 Å². The van der Waals surface area contributed by atoms with Crippen LogP contribution in [0.2, 0.25) is 0 Å². The van der Waals surface area contributed by atoms with Crippen LogP contribution in [0.5, 0.6) is 0 Å². The molecule has 0 radical (unpaired) electrons. The number of halogens is 4. The van der Waals surface area contributed by atoms with Crippen LogP contribution in [0.25, 0.3) is 10.9 Å². The van der Waals surface area contributed by atoms with Crippen molar-refractivity contribution in [3.8, 4) is 0 Å². The van der Waals surface area contributed by atoms with E-state index < -0.39 is 11.8 Å². The Morgan fingerprint density at radius 1 is 1.22 bits per heavy atom.